The number of aromatic nitrogens is 4. The second kappa shape index (κ2) is 7.98. The summed E-state index contributed by atoms with van der Waals surface area (Å²) in [6.45, 7) is -0.246. The molecule has 0 unspecified atom stereocenters. The molecule has 4 rings (SSSR count). The summed E-state index contributed by atoms with van der Waals surface area (Å²) in [5.74, 6) is -2.68. The minimum atomic E-state index is -4.91. The lowest BCUT2D eigenvalue weighted by atomic mass is 10.1. The van der Waals surface area contributed by atoms with Gasteiger partial charge < -0.3 is 5.11 Å². The molecule has 0 aliphatic rings. The van der Waals surface area contributed by atoms with Crippen LogP contribution in [0, 0.1) is 11.6 Å². The number of hydrogen-bond donors (Lipinski definition) is 1. The molecule has 11 heteroatoms. The highest BCUT2D eigenvalue weighted by atomic mass is 19.4. The Balaban J connectivity index is 1.94. The van der Waals surface area contributed by atoms with Crippen molar-refractivity contribution in [1.29, 1.82) is 0 Å². The number of benzene rings is 1. The molecule has 0 spiro atoms. The fourth-order valence-corrected chi connectivity index (χ4v) is 3.27. The summed E-state index contributed by atoms with van der Waals surface area (Å²) < 4.78 is 68.1. The monoisotopic (exact) mass is 448 g/mol. The predicted molar refractivity (Wildman–Crippen MR) is 104 cm³/mol. The molecule has 0 amide bonds. The van der Waals surface area contributed by atoms with E-state index in [-0.39, 0.29) is 35.8 Å². The third kappa shape index (κ3) is 3.88. The molecule has 1 aromatic carbocycles. The van der Waals surface area contributed by atoms with Crippen LogP contribution in [0.2, 0.25) is 0 Å². The number of halogens is 5. The van der Waals surface area contributed by atoms with E-state index in [1.54, 1.807) is 0 Å². The lowest BCUT2D eigenvalue weighted by Crippen LogP contribution is -2.27. The summed E-state index contributed by atoms with van der Waals surface area (Å²) >= 11 is 0. The van der Waals surface area contributed by atoms with E-state index in [1.807, 2.05) is 0 Å². The molecule has 3 aromatic heterocycles. The van der Waals surface area contributed by atoms with Crippen molar-refractivity contribution in [3.8, 4) is 17.3 Å². The summed E-state index contributed by atoms with van der Waals surface area (Å²) in [5, 5.41) is 9.44. The highest BCUT2D eigenvalue weighted by Crippen LogP contribution is 2.32. The van der Waals surface area contributed by atoms with Gasteiger partial charge in [-0.2, -0.15) is 13.2 Å². The van der Waals surface area contributed by atoms with Crippen molar-refractivity contribution in [1.82, 2.24) is 19.5 Å². The summed E-state index contributed by atoms with van der Waals surface area (Å²) in [6, 6.07) is 6.98. The summed E-state index contributed by atoms with van der Waals surface area (Å²) in [5.41, 5.74) is -2.55. The molecule has 0 saturated carbocycles. The normalized spacial score (nSPS) is 11.8. The van der Waals surface area contributed by atoms with Gasteiger partial charge in [0.2, 0.25) is 0 Å². The van der Waals surface area contributed by atoms with Gasteiger partial charge in [0.25, 0.3) is 5.56 Å². The number of alkyl halides is 3. The Hall–Kier alpha value is -3.89. The number of aryl methyl sites for hydroxylation is 1. The highest BCUT2D eigenvalue weighted by molar-refractivity contribution is 5.82. The zero-order valence-electron chi connectivity index (χ0n) is 16.1. The maximum absolute atomic E-state index is 13.5. The molecule has 0 atom stereocenters. The van der Waals surface area contributed by atoms with Crippen LogP contribution >= 0.6 is 0 Å². The molecule has 4 aromatic rings. The SMILES string of the molecule is O=c1c2c(C(F)(F)F)nccc2nc(-c2ncccc2O)n1CCc1ccc(F)c(F)c1. The second-order valence-electron chi connectivity index (χ2n) is 6.81. The topological polar surface area (TPSA) is 80.9 Å². The molecular weight excluding hydrogens is 435 g/mol. The smallest absolute Gasteiger partial charge is 0.434 e. The number of hydrogen-bond acceptors (Lipinski definition) is 5. The molecule has 0 aliphatic heterocycles. The van der Waals surface area contributed by atoms with Crippen LogP contribution in [0.5, 0.6) is 5.75 Å². The van der Waals surface area contributed by atoms with Gasteiger partial charge >= 0.3 is 6.18 Å². The Morgan fingerprint density at radius 2 is 1.78 bits per heavy atom. The number of rotatable bonds is 4. The van der Waals surface area contributed by atoms with Crippen LogP contribution in [0.1, 0.15) is 11.3 Å². The lowest BCUT2D eigenvalue weighted by Gasteiger charge is -2.16. The summed E-state index contributed by atoms with van der Waals surface area (Å²) in [7, 11) is 0. The predicted octanol–water partition coefficient (Wildman–Crippen LogP) is 4.10. The standard InChI is InChI=1S/C21H13F5N4O2/c22-12-4-3-11(10-13(12)23)6-9-30-19(17-15(31)2-1-7-27-17)29-14-5-8-28-18(21(24,25)26)16(14)20(30)32/h1-5,7-8,10,31H,6,9H2. The van der Waals surface area contributed by atoms with Crippen LogP contribution in [0.4, 0.5) is 22.0 Å². The van der Waals surface area contributed by atoms with Gasteiger partial charge in [-0.3, -0.25) is 14.3 Å². The van der Waals surface area contributed by atoms with E-state index < -0.39 is 34.5 Å². The van der Waals surface area contributed by atoms with Gasteiger partial charge in [-0.1, -0.05) is 6.07 Å². The van der Waals surface area contributed by atoms with Gasteiger partial charge in [-0.05, 0) is 42.3 Å². The van der Waals surface area contributed by atoms with Gasteiger partial charge in [0.05, 0.1) is 10.9 Å². The van der Waals surface area contributed by atoms with Crippen LogP contribution in [0.25, 0.3) is 22.4 Å². The minimum absolute atomic E-state index is 0.0352. The molecule has 3 heterocycles. The Kier molecular flexibility index (Phi) is 5.33. The maximum atomic E-state index is 13.5. The fraction of sp³-hybridized carbons (Fsp3) is 0.143. The van der Waals surface area contributed by atoms with Crippen molar-refractivity contribution in [2.45, 2.75) is 19.1 Å². The largest absolute Gasteiger partial charge is 0.506 e. The number of nitrogens with zero attached hydrogens (tertiary/aromatic N) is 4. The first kappa shape index (κ1) is 21.3. The molecular formula is C21H13F5N4O2. The van der Waals surface area contributed by atoms with Gasteiger partial charge in [0, 0.05) is 18.9 Å². The molecule has 1 N–H and O–H groups in total. The zero-order valence-corrected chi connectivity index (χ0v) is 16.1. The van der Waals surface area contributed by atoms with Crippen molar-refractivity contribution >= 4 is 10.9 Å². The summed E-state index contributed by atoms with van der Waals surface area (Å²) in [4.78, 5) is 24.6. The number of pyridine rings is 2. The third-order valence-corrected chi connectivity index (χ3v) is 4.74. The van der Waals surface area contributed by atoms with Crippen molar-refractivity contribution in [2.75, 3.05) is 0 Å². The quantitative estimate of drug-likeness (QED) is 0.476. The van der Waals surface area contributed by atoms with Gasteiger partial charge in [-0.15, -0.1) is 0 Å². The fourth-order valence-electron chi connectivity index (χ4n) is 3.27. The van der Waals surface area contributed by atoms with Crippen molar-refractivity contribution in [2.24, 2.45) is 0 Å². The molecule has 0 aliphatic carbocycles. The third-order valence-electron chi connectivity index (χ3n) is 4.74. The first-order chi connectivity index (χ1) is 15.2. The first-order valence-electron chi connectivity index (χ1n) is 9.22. The number of fused-ring (bicyclic) bond motifs is 1. The van der Waals surface area contributed by atoms with Crippen molar-refractivity contribution < 1.29 is 27.1 Å². The van der Waals surface area contributed by atoms with Crippen LogP contribution < -0.4 is 5.56 Å². The Morgan fingerprint density at radius 3 is 2.47 bits per heavy atom. The first-order valence-corrected chi connectivity index (χ1v) is 9.22. The molecule has 164 valence electrons. The number of aromatic hydroxyl groups is 1. The van der Waals surface area contributed by atoms with Gasteiger partial charge in [-0.25, -0.2) is 18.7 Å². The van der Waals surface area contributed by atoms with Crippen LogP contribution in [-0.2, 0) is 19.1 Å². The van der Waals surface area contributed by atoms with Crippen LogP contribution in [-0.4, -0.2) is 24.6 Å². The van der Waals surface area contributed by atoms with Crippen molar-refractivity contribution in [3.63, 3.8) is 0 Å². The lowest BCUT2D eigenvalue weighted by molar-refractivity contribution is -0.139. The highest BCUT2D eigenvalue weighted by Gasteiger charge is 2.36. The Bertz CT molecular complexity index is 1390. The Morgan fingerprint density at radius 1 is 1.00 bits per heavy atom. The molecule has 32 heavy (non-hydrogen) atoms. The minimum Gasteiger partial charge on any atom is -0.506 e. The van der Waals surface area contributed by atoms with E-state index >= 15 is 0 Å². The molecule has 6 nitrogen and oxygen atoms in total. The van der Waals surface area contributed by atoms with E-state index in [2.05, 4.69) is 15.0 Å². The zero-order chi connectivity index (χ0) is 23.0. The van der Waals surface area contributed by atoms with E-state index in [9.17, 15) is 31.9 Å². The average Bonchev–Trinajstić information content (AvgIpc) is 2.74. The molecule has 0 fully saturated rings. The maximum Gasteiger partial charge on any atom is 0.434 e. The summed E-state index contributed by atoms with van der Waals surface area (Å²) in [6.07, 6.45) is -2.75. The van der Waals surface area contributed by atoms with E-state index in [4.69, 9.17) is 0 Å². The van der Waals surface area contributed by atoms with E-state index in [0.717, 1.165) is 29.0 Å². The molecule has 0 radical (unpaired) electrons. The second-order valence-corrected chi connectivity index (χ2v) is 6.81. The van der Waals surface area contributed by atoms with E-state index in [1.165, 1.54) is 24.4 Å². The van der Waals surface area contributed by atoms with E-state index in [0.29, 0.717) is 5.56 Å². The molecule has 0 saturated heterocycles. The van der Waals surface area contributed by atoms with Crippen LogP contribution in [0.3, 0.4) is 0 Å². The van der Waals surface area contributed by atoms with Gasteiger partial charge in [0.1, 0.15) is 11.4 Å². The van der Waals surface area contributed by atoms with Crippen molar-refractivity contribution in [3.05, 3.63) is 82.0 Å². The molecule has 0 bridgehead atoms. The average molecular weight is 448 g/mol. The van der Waals surface area contributed by atoms with Crippen LogP contribution in [0.15, 0.2) is 53.6 Å². The van der Waals surface area contributed by atoms with Gasteiger partial charge in [0.15, 0.2) is 23.2 Å². The Labute approximate surface area is 176 Å².